The number of benzene rings is 1. The molecule has 0 aliphatic carbocycles. The summed E-state index contributed by atoms with van der Waals surface area (Å²) in [6.07, 6.45) is 0. The van der Waals surface area contributed by atoms with Crippen molar-refractivity contribution in [1.29, 1.82) is 0 Å². The number of methoxy groups -OCH3 is 1. The molecule has 1 nitrogen and oxygen atoms in total. The van der Waals surface area contributed by atoms with E-state index in [1.807, 2.05) is 12.1 Å². The molecule has 1 aromatic rings. The quantitative estimate of drug-likeness (QED) is 0.700. The van der Waals surface area contributed by atoms with Crippen molar-refractivity contribution in [3.8, 4) is 5.75 Å². The lowest BCUT2D eigenvalue weighted by atomic mass is 10.3. The number of hydrogen-bond donors (Lipinski definition) is 0. The van der Waals surface area contributed by atoms with Crippen LogP contribution in [0.25, 0.3) is 0 Å². The van der Waals surface area contributed by atoms with Crippen LogP contribution in [0.15, 0.2) is 25.6 Å². The van der Waals surface area contributed by atoms with Gasteiger partial charge in [-0.05, 0) is 44.0 Å². The molecule has 0 unspecified atom stereocenters. The van der Waals surface area contributed by atoms with Gasteiger partial charge >= 0.3 is 0 Å². The third kappa shape index (κ3) is 2.20. The fraction of sp³-hybridized carbons (Fsp3) is 0.143. The van der Waals surface area contributed by atoms with Gasteiger partial charge < -0.3 is 4.74 Å². The third-order valence-electron chi connectivity index (χ3n) is 1.18. The normalized spacial score (nSPS) is 9.82. The maximum atomic E-state index is 5.10. The van der Waals surface area contributed by atoms with E-state index in [4.69, 9.17) is 4.74 Å². The monoisotopic (exact) mass is 342 g/mol. The molecule has 60 valence electrons. The molecular weight excluding hydrogens is 340 g/mol. The predicted molar refractivity (Wildman–Crippen MR) is 56.1 cm³/mol. The molecule has 0 radical (unpaired) electrons. The van der Waals surface area contributed by atoms with Crippen LogP contribution in [0.5, 0.6) is 5.75 Å². The Balaban J connectivity index is 3.24. The van der Waals surface area contributed by atoms with Gasteiger partial charge in [-0.25, -0.2) is 0 Å². The van der Waals surface area contributed by atoms with Crippen molar-refractivity contribution in [1.82, 2.24) is 0 Å². The largest absolute Gasteiger partial charge is 0.495 e. The maximum Gasteiger partial charge on any atom is 0.135 e. The molecule has 0 aromatic heterocycles. The second kappa shape index (κ2) is 3.92. The van der Waals surface area contributed by atoms with Crippen LogP contribution in [0.4, 0.5) is 0 Å². The zero-order chi connectivity index (χ0) is 8.43. The van der Waals surface area contributed by atoms with Gasteiger partial charge in [-0.15, -0.1) is 0 Å². The van der Waals surface area contributed by atoms with Gasteiger partial charge in [0.25, 0.3) is 0 Å². The smallest absolute Gasteiger partial charge is 0.135 e. The minimum absolute atomic E-state index is 0.811. The van der Waals surface area contributed by atoms with E-state index in [2.05, 4.69) is 47.8 Å². The summed E-state index contributed by atoms with van der Waals surface area (Å²) < 4.78 is 8.00. The Morgan fingerprint density at radius 2 is 1.82 bits per heavy atom. The second-order valence-electron chi connectivity index (χ2n) is 1.90. The summed E-state index contributed by atoms with van der Waals surface area (Å²) in [4.78, 5) is 0. The van der Waals surface area contributed by atoms with Gasteiger partial charge in [0.1, 0.15) is 5.75 Å². The van der Waals surface area contributed by atoms with Crippen molar-refractivity contribution >= 4 is 47.8 Å². The first-order chi connectivity index (χ1) is 5.15. The van der Waals surface area contributed by atoms with Crippen LogP contribution in [0.3, 0.4) is 0 Å². The summed E-state index contributed by atoms with van der Waals surface area (Å²) in [5.74, 6) is 0.811. The zero-order valence-electron chi connectivity index (χ0n) is 5.70. The molecule has 0 aliphatic rings. The summed E-state index contributed by atoms with van der Waals surface area (Å²) >= 11 is 10.1. The van der Waals surface area contributed by atoms with Gasteiger partial charge in [0.15, 0.2) is 0 Å². The molecule has 0 spiro atoms. The Bertz CT molecular complexity index is 273. The van der Waals surface area contributed by atoms with Crippen molar-refractivity contribution in [2.24, 2.45) is 0 Å². The Morgan fingerprint density at radius 1 is 1.18 bits per heavy atom. The van der Waals surface area contributed by atoms with E-state index in [0.717, 1.165) is 19.2 Å². The maximum absolute atomic E-state index is 5.10. The molecule has 0 N–H and O–H groups in total. The highest BCUT2D eigenvalue weighted by Crippen LogP contribution is 2.35. The van der Waals surface area contributed by atoms with Gasteiger partial charge in [-0.2, -0.15) is 0 Å². The fourth-order valence-corrected chi connectivity index (χ4v) is 2.26. The molecule has 11 heavy (non-hydrogen) atoms. The van der Waals surface area contributed by atoms with Crippen LogP contribution in [0.1, 0.15) is 0 Å². The van der Waals surface area contributed by atoms with E-state index < -0.39 is 0 Å². The fourth-order valence-electron chi connectivity index (χ4n) is 0.681. The van der Waals surface area contributed by atoms with Crippen LogP contribution in [0.2, 0.25) is 0 Å². The van der Waals surface area contributed by atoms with E-state index in [0.29, 0.717) is 0 Å². The standard InChI is InChI=1S/C7H5Br3O/c1-11-6-3-4(8)2-5(9)7(6)10/h2-3H,1H3. The Labute approximate surface area is 90.5 Å². The molecule has 0 saturated carbocycles. The average Bonchev–Trinajstić information content (AvgIpc) is 1.96. The molecular formula is C7H5Br3O. The first-order valence-corrected chi connectivity index (χ1v) is 5.21. The molecule has 1 aromatic carbocycles. The van der Waals surface area contributed by atoms with Crippen molar-refractivity contribution in [3.63, 3.8) is 0 Å². The molecule has 0 bridgehead atoms. The number of ether oxygens (including phenoxy) is 1. The molecule has 0 amide bonds. The number of rotatable bonds is 1. The van der Waals surface area contributed by atoms with Gasteiger partial charge in [0.05, 0.1) is 11.6 Å². The lowest BCUT2D eigenvalue weighted by Crippen LogP contribution is -1.84. The van der Waals surface area contributed by atoms with Crippen molar-refractivity contribution in [2.45, 2.75) is 0 Å². The van der Waals surface area contributed by atoms with Crippen molar-refractivity contribution < 1.29 is 4.74 Å². The van der Waals surface area contributed by atoms with E-state index in [-0.39, 0.29) is 0 Å². The Hall–Kier alpha value is 0.460. The molecule has 0 fully saturated rings. The first-order valence-electron chi connectivity index (χ1n) is 2.83. The van der Waals surface area contributed by atoms with Crippen LogP contribution in [-0.2, 0) is 0 Å². The lowest BCUT2D eigenvalue weighted by molar-refractivity contribution is 0.411. The summed E-state index contributed by atoms with van der Waals surface area (Å²) in [6, 6.07) is 3.85. The first kappa shape index (κ1) is 9.55. The minimum Gasteiger partial charge on any atom is -0.495 e. The van der Waals surface area contributed by atoms with Gasteiger partial charge in [0.2, 0.25) is 0 Å². The second-order valence-corrected chi connectivity index (χ2v) is 4.47. The van der Waals surface area contributed by atoms with Gasteiger partial charge in [-0.3, -0.25) is 0 Å². The SMILES string of the molecule is COc1cc(Br)cc(Br)c1Br. The van der Waals surface area contributed by atoms with E-state index in [1.54, 1.807) is 7.11 Å². The molecule has 4 heteroatoms. The summed E-state index contributed by atoms with van der Waals surface area (Å²) in [7, 11) is 1.64. The molecule has 1 rings (SSSR count). The predicted octanol–water partition coefficient (Wildman–Crippen LogP) is 3.98. The number of halogens is 3. The zero-order valence-corrected chi connectivity index (χ0v) is 10.5. The summed E-state index contributed by atoms with van der Waals surface area (Å²) in [5, 5.41) is 0. The molecule has 0 saturated heterocycles. The minimum atomic E-state index is 0.811. The van der Waals surface area contributed by atoms with E-state index in [9.17, 15) is 0 Å². The molecule has 0 heterocycles. The topological polar surface area (TPSA) is 9.23 Å². The highest BCUT2D eigenvalue weighted by Gasteiger charge is 2.04. The van der Waals surface area contributed by atoms with Crippen LogP contribution in [0, 0.1) is 0 Å². The Kier molecular flexibility index (Phi) is 3.40. The van der Waals surface area contributed by atoms with Crippen molar-refractivity contribution in [3.05, 3.63) is 25.6 Å². The molecule has 0 aliphatic heterocycles. The van der Waals surface area contributed by atoms with Gasteiger partial charge in [0, 0.05) is 8.95 Å². The lowest BCUT2D eigenvalue weighted by Gasteiger charge is -2.04. The van der Waals surface area contributed by atoms with E-state index >= 15 is 0 Å². The number of hydrogen-bond acceptors (Lipinski definition) is 1. The van der Waals surface area contributed by atoms with Crippen LogP contribution < -0.4 is 4.74 Å². The molecule has 0 atom stereocenters. The third-order valence-corrected chi connectivity index (χ3v) is 3.61. The van der Waals surface area contributed by atoms with E-state index in [1.165, 1.54) is 0 Å². The summed E-state index contributed by atoms with van der Waals surface area (Å²) in [6.45, 7) is 0. The summed E-state index contributed by atoms with van der Waals surface area (Å²) in [5.41, 5.74) is 0. The average molecular weight is 345 g/mol. The van der Waals surface area contributed by atoms with Crippen LogP contribution in [-0.4, -0.2) is 7.11 Å². The highest BCUT2D eigenvalue weighted by molar-refractivity contribution is 9.13. The van der Waals surface area contributed by atoms with Crippen molar-refractivity contribution in [2.75, 3.05) is 7.11 Å². The van der Waals surface area contributed by atoms with Gasteiger partial charge in [-0.1, -0.05) is 15.9 Å². The van der Waals surface area contributed by atoms with Crippen LogP contribution >= 0.6 is 47.8 Å². The highest BCUT2D eigenvalue weighted by atomic mass is 79.9. The Morgan fingerprint density at radius 3 is 2.36 bits per heavy atom.